The van der Waals surface area contributed by atoms with Gasteiger partial charge >= 0.3 is 0 Å². The lowest BCUT2D eigenvalue weighted by Gasteiger charge is -2.18. The van der Waals surface area contributed by atoms with Gasteiger partial charge in [-0.25, -0.2) is 8.42 Å². The zero-order valence-corrected chi connectivity index (χ0v) is 18.0. The molecule has 0 heterocycles. The van der Waals surface area contributed by atoms with Gasteiger partial charge in [0.1, 0.15) is 0 Å². The Morgan fingerprint density at radius 1 is 1.10 bits per heavy atom. The van der Waals surface area contributed by atoms with Crippen LogP contribution in [0.15, 0.2) is 47.4 Å². The molecule has 1 amide bonds. The standard InChI is InChI=1S/C20H26N4O5S/c1-4-23(5-2)13-12-21-20(25)16-7-9-17(10-8-16)22-30(28,29)18-11-6-15(3)19(14-18)24(26)27/h6-11,14,22H,4-5,12-13H2,1-3H3,(H,21,25). The van der Waals surface area contributed by atoms with Gasteiger partial charge in [-0.2, -0.15) is 0 Å². The summed E-state index contributed by atoms with van der Waals surface area (Å²) in [5, 5.41) is 13.9. The van der Waals surface area contributed by atoms with Crippen molar-refractivity contribution in [2.75, 3.05) is 30.9 Å². The molecule has 30 heavy (non-hydrogen) atoms. The van der Waals surface area contributed by atoms with Crippen molar-refractivity contribution >= 4 is 27.3 Å². The first kappa shape index (κ1) is 23.3. The van der Waals surface area contributed by atoms with Crippen LogP contribution in [0.5, 0.6) is 0 Å². The van der Waals surface area contributed by atoms with Gasteiger partial charge in [0.2, 0.25) is 0 Å². The van der Waals surface area contributed by atoms with E-state index in [4.69, 9.17) is 0 Å². The van der Waals surface area contributed by atoms with E-state index in [1.807, 2.05) is 0 Å². The number of nitrogens with zero attached hydrogens (tertiary/aromatic N) is 2. The molecular formula is C20H26N4O5S. The summed E-state index contributed by atoms with van der Waals surface area (Å²) >= 11 is 0. The number of hydrogen-bond acceptors (Lipinski definition) is 6. The average Bonchev–Trinajstić information content (AvgIpc) is 2.71. The monoisotopic (exact) mass is 434 g/mol. The van der Waals surface area contributed by atoms with E-state index in [2.05, 4.69) is 28.8 Å². The molecule has 2 rings (SSSR count). The van der Waals surface area contributed by atoms with Gasteiger partial charge in [-0.3, -0.25) is 19.6 Å². The summed E-state index contributed by atoms with van der Waals surface area (Å²) in [7, 11) is -4.01. The molecular weight excluding hydrogens is 408 g/mol. The highest BCUT2D eigenvalue weighted by atomic mass is 32.2. The number of rotatable bonds is 10. The molecule has 0 bridgehead atoms. The van der Waals surface area contributed by atoms with Gasteiger partial charge in [-0.1, -0.05) is 19.9 Å². The molecule has 0 aromatic heterocycles. The zero-order chi connectivity index (χ0) is 22.3. The second kappa shape index (κ2) is 10.2. The molecule has 2 aromatic carbocycles. The van der Waals surface area contributed by atoms with Crippen molar-refractivity contribution < 1.29 is 18.1 Å². The lowest BCUT2D eigenvalue weighted by atomic mass is 10.2. The van der Waals surface area contributed by atoms with Crippen LogP contribution in [-0.2, 0) is 10.0 Å². The first-order chi connectivity index (χ1) is 14.2. The second-order valence-electron chi connectivity index (χ2n) is 6.67. The molecule has 2 N–H and O–H groups in total. The fraction of sp³-hybridized carbons (Fsp3) is 0.350. The van der Waals surface area contributed by atoms with E-state index in [1.165, 1.54) is 43.3 Å². The van der Waals surface area contributed by atoms with Crippen molar-refractivity contribution in [3.63, 3.8) is 0 Å². The molecule has 0 aliphatic carbocycles. The van der Waals surface area contributed by atoms with Crippen molar-refractivity contribution in [3.05, 3.63) is 63.7 Å². The number of carbonyl (C=O) groups excluding carboxylic acids is 1. The van der Waals surface area contributed by atoms with Crippen molar-refractivity contribution in [1.82, 2.24) is 10.2 Å². The Morgan fingerprint density at radius 2 is 1.73 bits per heavy atom. The molecule has 0 saturated carbocycles. The van der Waals surface area contributed by atoms with Gasteiger partial charge in [-0.05, 0) is 50.3 Å². The first-order valence-electron chi connectivity index (χ1n) is 9.56. The number of nitro benzene ring substituents is 1. The van der Waals surface area contributed by atoms with Crippen LogP contribution in [0.3, 0.4) is 0 Å². The normalized spacial score (nSPS) is 11.3. The molecule has 0 unspecified atom stereocenters. The summed E-state index contributed by atoms with van der Waals surface area (Å²) < 4.78 is 27.5. The van der Waals surface area contributed by atoms with Crippen molar-refractivity contribution in [2.45, 2.75) is 25.7 Å². The summed E-state index contributed by atoms with van der Waals surface area (Å²) in [6, 6.07) is 9.69. The Balaban J connectivity index is 2.05. The van der Waals surface area contributed by atoms with Gasteiger partial charge < -0.3 is 10.2 Å². The molecule has 162 valence electrons. The van der Waals surface area contributed by atoms with Crippen LogP contribution in [0.4, 0.5) is 11.4 Å². The third kappa shape index (κ3) is 6.01. The number of carbonyl (C=O) groups is 1. The number of likely N-dealkylation sites (N-methyl/N-ethyl adjacent to an activating group) is 1. The van der Waals surface area contributed by atoms with E-state index in [1.54, 1.807) is 0 Å². The van der Waals surface area contributed by atoms with Crippen LogP contribution in [0.2, 0.25) is 0 Å². The van der Waals surface area contributed by atoms with Gasteiger partial charge in [0.25, 0.3) is 21.6 Å². The van der Waals surface area contributed by atoms with Crippen LogP contribution < -0.4 is 10.0 Å². The molecule has 0 radical (unpaired) electrons. The minimum Gasteiger partial charge on any atom is -0.351 e. The summed E-state index contributed by atoms with van der Waals surface area (Å²) in [5.74, 6) is -0.245. The highest BCUT2D eigenvalue weighted by Crippen LogP contribution is 2.24. The summed E-state index contributed by atoms with van der Waals surface area (Å²) in [4.78, 5) is 24.6. The minimum absolute atomic E-state index is 0.210. The van der Waals surface area contributed by atoms with Gasteiger partial charge in [0, 0.05) is 36.0 Å². The Bertz CT molecular complexity index is 1000. The minimum atomic E-state index is -4.01. The van der Waals surface area contributed by atoms with Gasteiger partial charge in [0.15, 0.2) is 0 Å². The molecule has 2 aromatic rings. The number of amides is 1. The van der Waals surface area contributed by atoms with Crippen molar-refractivity contribution in [3.8, 4) is 0 Å². The molecule has 0 aliphatic rings. The molecule has 0 atom stereocenters. The predicted octanol–water partition coefficient (Wildman–Crippen LogP) is 2.78. The number of benzene rings is 2. The number of anilines is 1. The Hall–Kier alpha value is -2.98. The molecule has 0 fully saturated rings. The van der Waals surface area contributed by atoms with Crippen molar-refractivity contribution in [2.24, 2.45) is 0 Å². The maximum atomic E-state index is 12.6. The highest BCUT2D eigenvalue weighted by Gasteiger charge is 2.20. The molecule has 0 saturated heterocycles. The van der Waals surface area contributed by atoms with Gasteiger partial charge in [-0.15, -0.1) is 0 Å². The average molecular weight is 435 g/mol. The van der Waals surface area contributed by atoms with E-state index in [0.29, 0.717) is 17.7 Å². The van der Waals surface area contributed by atoms with E-state index in [-0.39, 0.29) is 22.2 Å². The Kier molecular flexibility index (Phi) is 7.90. The van der Waals surface area contributed by atoms with Crippen LogP contribution in [0.1, 0.15) is 29.8 Å². The van der Waals surface area contributed by atoms with Crippen LogP contribution in [-0.4, -0.2) is 50.3 Å². The topological polar surface area (TPSA) is 122 Å². The van der Waals surface area contributed by atoms with E-state index in [9.17, 15) is 23.3 Å². The second-order valence-corrected chi connectivity index (χ2v) is 8.35. The number of hydrogen-bond donors (Lipinski definition) is 2. The van der Waals surface area contributed by atoms with Crippen molar-refractivity contribution in [1.29, 1.82) is 0 Å². The number of nitrogens with one attached hydrogen (secondary N) is 2. The fourth-order valence-electron chi connectivity index (χ4n) is 2.83. The number of sulfonamides is 1. The number of nitro groups is 1. The number of aryl methyl sites for hydroxylation is 1. The van der Waals surface area contributed by atoms with E-state index >= 15 is 0 Å². The quantitative estimate of drug-likeness (QED) is 0.438. The lowest BCUT2D eigenvalue weighted by molar-refractivity contribution is -0.385. The third-order valence-corrected chi connectivity index (χ3v) is 6.07. The maximum Gasteiger partial charge on any atom is 0.273 e. The summed E-state index contributed by atoms with van der Waals surface area (Å²) in [6.45, 7) is 8.73. The van der Waals surface area contributed by atoms with Gasteiger partial charge in [0.05, 0.1) is 9.82 Å². The largest absolute Gasteiger partial charge is 0.351 e. The van der Waals surface area contributed by atoms with Crippen LogP contribution >= 0.6 is 0 Å². The lowest BCUT2D eigenvalue weighted by Crippen LogP contribution is -2.34. The Morgan fingerprint density at radius 3 is 2.30 bits per heavy atom. The SMILES string of the molecule is CCN(CC)CCNC(=O)c1ccc(NS(=O)(=O)c2ccc(C)c([N+](=O)[O-])c2)cc1. The first-order valence-corrected chi connectivity index (χ1v) is 11.0. The molecule has 9 nitrogen and oxygen atoms in total. The van der Waals surface area contributed by atoms with E-state index in [0.717, 1.165) is 25.7 Å². The molecule has 10 heteroatoms. The van der Waals surface area contributed by atoms with Crippen LogP contribution in [0, 0.1) is 17.0 Å². The maximum absolute atomic E-state index is 12.6. The third-order valence-electron chi connectivity index (χ3n) is 4.69. The molecule has 0 spiro atoms. The van der Waals surface area contributed by atoms with Crippen LogP contribution in [0.25, 0.3) is 0 Å². The fourth-order valence-corrected chi connectivity index (χ4v) is 3.90. The molecule has 0 aliphatic heterocycles. The zero-order valence-electron chi connectivity index (χ0n) is 17.2. The summed E-state index contributed by atoms with van der Waals surface area (Å²) in [5.41, 5.74) is 0.756. The summed E-state index contributed by atoms with van der Waals surface area (Å²) in [6.07, 6.45) is 0. The smallest absolute Gasteiger partial charge is 0.273 e. The predicted molar refractivity (Wildman–Crippen MR) is 115 cm³/mol. The highest BCUT2D eigenvalue weighted by molar-refractivity contribution is 7.92. The Labute approximate surface area is 176 Å². The van der Waals surface area contributed by atoms with E-state index < -0.39 is 14.9 Å².